The number of rotatable bonds is 4. The second-order valence-corrected chi connectivity index (χ2v) is 3.83. The first kappa shape index (κ1) is 12.5. The van der Waals surface area contributed by atoms with Crippen LogP contribution in [0.3, 0.4) is 0 Å². The van der Waals surface area contributed by atoms with Gasteiger partial charge in [-0.05, 0) is 24.6 Å². The predicted octanol–water partition coefficient (Wildman–Crippen LogP) is 1.21. The van der Waals surface area contributed by atoms with Crippen LogP contribution in [-0.2, 0) is 4.79 Å². The molecule has 1 atom stereocenters. The first-order chi connectivity index (χ1) is 7.50. The summed E-state index contributed by atoms with van der Waals surface area (Å²) in [4.78, 5) is 12.8. The van der Waals surface area contributed by atoms with E-state index < -0.39 is 6.10 Å². The fourth-order valence-electron chi connectivity index (χ4n) is 1.14. The van der Waals surface area contributed by atoms with E-state index in [1.807, 2.05) is 6.07 Å². The van der Waals surface area contributed by atoms with Gasteiger partial charge < -0.3 is 14.7 Å². The Morgan fingerprint density at radius 2 is 2.19 bits per heavy atom. The fourth-order valence-corrected chi connectivity index (χ4v) is 1.14. The van der Waals surface area contributed by atoms with Crippen LogP contribution >= 0.6 is 0 Å². The highest BCUT2D eigenvalue weighted by atomic mass is 16.5. The third-order valence-electron chi connectivity index (χ3n) is 2.20. The molecule has 16 heavy (non-hydrogen) atoms. The van der Waals surface area contributed by atoms with Crippen LogP contribution in [0.1, 0.15) is 18.6 Å². The second-order valence-electron chi connectivity index (χ2n) is 3.83. The maximum absolute atomic E-state index is 11.3. The molecule has 1 amide bonds. The number of likely N-dealkylation sites (N-methyl/N-ethyl adjacent to an activating group) is 1. The Hall–Kier alpha value is -1.55. The van der Waals surface area contributed by atoms with Crippen LogP contribution < -0.4 is 4.74 Å². The maximum Gasteiger partial charge on any atom is 0.259 e. The lowest BCUT2D eigenvalue weighted by Gasteiger charge is -2.12. The largest absolute Gasteiger partial charge is 0.484 e. The molecule has 0 bridgehead atoms. The number of aliphatic hydroxyl groups is 1. The Labute approximate surface area is 95.5 Å². The van der Waals surface area contributed by atoms with E-state index in [9.17, 15) is 9.90 Å². The molecule has 1 aromatic carbocycles. The van der Waals surface area contributed by atoms with Gasteiger partial charge in [-0.2, -0.15) is 0 Å². The molecule has 0 saturated carbocycles. The van der Waals surface area contributed by atoms with Gasteiger partial charge in [0.05, 0.1) is 6.10 Å². The Morgan fingerprint density at radius 1 is 1.50 bits per heavy atom. The van der Waals surface area contributed by atoms with Crippen LogP contribution in [0, 0.1) is 0 Å². The quantitative estimate of drug-likeness (QED) is 0.834. The van der Waals surface area contributed by atoms with Crippen molar-refractivity contribution in [2.75, 3.05) is 20.7 Å². The lowest BCUT2D eigenvalue weighted by Crippen LogP contribution is -2.27. The first-order valence-electron chi connectivity index (χ1n) is 5.11. The average Bonchev–Trinajstić information content (AvgIpc) is 2.26. The predicted molar refractivity (Wildman–Crippen MR) is 61.3 cm³/mol. The molecule has 0 fully saturated rings. The molecule has 0 saturated heterocycles. The zero-order chi connectivity index (χ0) is 12.1. The summed E-state index contributed by atoms with van der Waals surface area (Å²) in [6.07, 6.45) is -0.534. The molecule has 88 valence electrons. The Balaban J connectivity index is 2.61. The van der Waals surface area contributed by atoms with E-state index in [2.05, 4.69) is 0 Å². The van der Waals surface area contributed by atoms with E-state index in [4.69, 9.17) is 4.74 Å². The van der Waals surface area contributed by atoms with Gasteiger partial charge in [0.1, 0.15) is 5.75 Å². The van der Waals surface area contributed by atoms with Crippen molar-refractivity contribution < 1.29 is 14.6 Å². The van der Waals surface area contributed by atoms with Gasteiger partial charge in [-0.25, -0.2) is 0 Å². The molecule has 0 aliphatic carbocycles. The van der Waals surface area contributed by atoms with Crippen molar-refractivity contribution in [3.05, 3.63) is 29.8 Å². The first-order valence-corrected chi connectivity index (χ1v) is 5.11. The molecule has 1 rings (SSSR count). The summed E-state index contributed by atoms with van der Waals surface area (Å²) in [6.45, 7) is 1.69. The summed E-state index contributed by atoms with van der Waals surface area (Å²) in [5.41, 5.74) is 0.773. The Morgan fingerprint density at radius 3 is 2.75 bits per heavy atom. The molecule has 0 radical (unpaired) electrons. The zero-order valence-corrected chi connectivity index (χ0v) is 9.80. The summed E-state index contributed by atoms with van der Waals surface area (Å²) < 4.78 is 5.32. The van der Waals surface area contributed by atoms with Crippen molar-refractivity contribution in [1.82, 2.24) is 4.90 Å². The van der Waals surface area contributed by atoms with Crippen LogP contribution in [0.4, 0.5) is 0 Å². The molecule has 0 aromatic heterocycles. The van der Waals surface area contributed by atoms with Crippen molar-refractivity contribution in [2.24, 2.45) is 0 Å². The highest BCUT2D eigenvalue weighted by Gasteiger charge is 2.06. The molecule has 0 unspecified atom stereocenters. The molecular formula is C12H17NO3. The summed E-state index contributed by atoms with van der Waals surface area (Å²) in [5, 5.41) is 9.38. The van der Waals surface area contributed by atoms with E-state index >= 15 is 0 Å². The zero-order valence-electron chi connectivity index (χ0n) is 9.80. The SMILES string of the molecule is C[C@H](O)c1cccc(OCC(=O)N(C)C)c1. The molecular weight excluding hydrogens is 206 g/mol. The molecule has 0 heterocycles. The van der Waals surface area contributed by atoms with Crippen LogP contribution in [0.25, 0.3) is 0 Å². The number of carbonyl (C=O) groups is 1. The topological polar surface area (TPSA) is 49.8 Å². The van der Waals surface area contributed by atoms with Gasteiger partial charge in [0, 0.05) is 14.1 Å². The second kappa shape index (κ2) is 5.51. The number of benzene rings is 1. The molecule has 0 spiro atoms. The van der Waals surface area contributed by atoms with Gasteiger partial charge in [0.25, 0.3) is 5.91 Å². The van der Waals surface area contributed by atoms with E-state index in [1.54, 1.807) is 39.2 Å². The highest BCUT2D eigenvalue weighted by Crippen LogP contribution is 2.18. The lowest BCUT2D eigenvalue weighted by molar-refractivity contribution is -0.130. The van der Waals surface area contributed by atoms with Gasteiger partial charge >= 0.3 is 0 Å². The molecule has 4 nitrogen and oxygen atoms in total. The minimum Gasteiger partial charge on any atom is -0.484 e. The number of amides is 1. The van der Waals surface area contributed by atoms with Crippen LogP contribution in [0.5, 0.6) is 5.75 Å². The van der Waals surface area contributed by atoms with Gasteiger partial charge in [-0.15, -0.1) is 0 Å². The van der Waals surface area contributed by atoms with Gasteiger partial charge in [0.15, 0.2) is 6.61 Å². The smallest absolute Gasteiger partial charge is 0.259 e. The average molecular weight is 223 g/mol. The van der Waals surface area contributed by atoms with Crippen LogP contribution in [0.2, 0.25) is 0 Å². The van der Waals surface area contributed by atoms with Crippen molar-refractivity contribution in [1.29, 1.82) is 0 Å². The maximum atomic E-state index is 11.3. The van der Waals surface area contributed by atoms with Crippen LogP contribution in [0.15, 0.2) is 24.3 Å². The summed E-state index contributed by atoms with van der Waals surface area (Å²) in [7, 11) is 3.36. The van der Waals surface area contributed by atoms with Crippen molar-refractivity contribution in [3.63, 3.8) is 0 Å². The fraction of sp³-hybridized carbons (Fsp3) is 0.417. The minimum atomic E-state index is -0.534. The Kier molecular flexibility index (Phi) is 4.31. The van der Waals surface area contributed by atoms with E-state index in [0.717, 1.165) is 5.56 Å². The summed E-state index contributed by atoms with van der Waals surface area (Å²) in [5.74, 6) is 0.496. The molecule has 1 aromatic rings. The molecule has 4 heteroatoms. The summed E-state index contributed by atoms with van der Waals surface area (Å²) >= 11 is 0. The van der Waals surface area contributed by atoms with E-state index in [0.29, 0.717) is 5.75 Å². The van der Waals surface area contributed by atoms with E-state index in [1.165, 1.54) is 4.90 Å². The number of nitrogens with zero attached hydrogens (tertiary/aromatic N) is 1. The number of ether oxygens (including phenoxy) is 1. The van der Waals surface area contributed by atoms with Gasteiger partial charge in [-0.3, -0.25) is 4.79 Å². The number of carbonyl (C=O) groups excluding carboxylic acids is 1. The molecule has 0 aliphatic rings. The standard InChI is InChI=1S/C12H17NO3/c1-9(14)10-5-4-6-11(7-10)16-8-12(15)13(2)3/h4-7,9,14H,8H2,1-3H3/t9-/m0/s1. The number of hydrogen-bond acceptors (Lipinski definition) is 3. The molecule has 1 N–H and O–H groups in total. The highest BCUT2D eigenvalue weighted by molar-refractivity contribution is 5.77. The number of aliphatic hydroxyl groups excluding tert-OH is 1. The van der Waals surface area contributed by atoms with Crippen molar-refractivity contribution in [2.45, 2.75) is 13.0 Å². The van der Waals surface area contributed by atoms with Gasteiger partial charge in [0.2, 0.25) is 0 Å². The van der Waals surface area contributed by atoms with Crippen molar-refractivity contribution >= 4 is 5.91 Å². The van der Waals surface area contributed by atoms with E-state index in [-0.39, 0.29) is 12.5 Å². The normalized spacial score (nSPS) is 12.0. The van der Waals surface area contributed by atoms with Crippen molar-refractivity contribution in [3.8, 4) is 5.75 Å². The third-order valence-corrected chi connectivity index (χ3v) is 2.20. The van der Waals surface area contributed by atoms with Crippen LogP contribution in [-0.4, -0.2) is 36.6 Å². The Bertz CT molecular complexity index is 361. The summed E-state index contributed by atoms with van der Waals surface area (Å²) in [6, 6.07) is 7.09. The lowest BCUT2D eigenvalue weighted by atomic mass is 10.1. The third kappa shape index (κ3) is 3.55. The monoisotopic (exact) mass is 223 g/mol. The number of hydrogen-bond donors (Lipinski definition) is 1. The molecule has 0 aliphatic heterocycles. The van der Waals surface area contributed by atoms with Gasteiger partial charge in [-0.1, -0.05) is 12.1 Å². The minimum absolute atomic E-state index is 0.0102.